The minimum absolute atomic E-state index is 0.0664. The highest BCUT2D eigenvalue weighted by molar-refractivity contribution is 6.08. The Morgan fingerprint density at radius 3 is 2.45 bits per heavy atom. The molecule has 6 nitrogen and oxygen atoms in total. The fourth-order valence-electron chi connectivity index (χ4n) is 3.78. The number of esters is 1. The highest BCUT2D eigenvalue weighted by Gasteiger charge is 2.35. The first kappa shape index (κ1) is 20.6. The van der Waals surface area contributed by atoms with Gasteiger partial charge in [-0.25, -0.2) is 4.79 Å². The van der Waals surface area contributed by atoms with E-state index in [0.717, 1.165) is 16.5 Å². The molecule has 0 radical (unpaired) electrons. The van der Waals surface area contributed by atoms with Gasteiger partial charge in [-0.2, -0.15) is 0 Å². The van der Waals surface area contributed by atoms with Crippen LogP contribution in [-0.2, 0) is 14.3 Å². The third-order valence-corrected chi connectivity index (χ3v) is 5.28. The van der Waals surface area contributed by atoms with Gasteiger partial charge in [0.15, 0.2) is 0 Å². The van der Waals surface area contributed by atoms with Crippen molar-refractivity contribution in [2.24, 2.45) is 5.92 Å². The van der Waals surface area contributed by atoms with Gasteiger partial charge in [0.2, 0.25) is 11.8 Å². The van der Waals surface area contributed by atoms with E-state index in [9.17, 15) is 14.4 Å². The Morgan fingerprint density at radius 2 is 1.71 bits per heavy atom. The van der Waals surface area contributed by atoms with Crippen LogP contribution in [0.1, 0.15) is 30.6 Å². The van der Waals surface area contributed by atoms with E-state index in [1.165, 1.54) is 0 Å². The number of carbonyl (C=O) groups excluding carboxylic acids is 3. The molecule has 2 amide bonds. The fraction of sp³-hybridized carbons (Fsp3) is 0.240. The van der Waals surface area contributed by atoms with E-state index in [1.807, 2.05) is 42.5 Å². The predicted octanol–water partition coefficient (Wildman–Crippen LogP) is 4.40. The molecule has 6 heteroatoms. The lowest BCUT2D eigenvalue weighted by Gasteiger charge is -2.19. The molecule has 0 bridgehead atoms. The molecular weight excluding hydrogens is 392 g/mol. The number of fused-ring (bicyclic) bond motifs is 1. The summed E-state index contributed by atoms with van der Waals surface area (Å²) in [6.45, 7) is 3.91. The van der Waals surface area contributed by atoms with Gasteiger partial charge in [0.05, 0.1) is 23.3 Å². The Kier molecular flexibility index (Phi) is 5.71. The molecule has 0 unspecified atom stereocenters. The van der Waals surface area contributed by atoms with Crippen LogP contribution in [0, 0.1) is 5.92 Å². The van der Waals surface area contributed by atoms with Gasteiger partial charge >= 0.3 is 5.97 Å². The van der Waals surface area contributed by atoms with E-state index in [4.69, 9.17) is 4.74 Å². The minimum atomic E-state index is -0.447. The van der Waals surface area contributed by atoms with Gasteiger partial charge in [-0.3, -0.25) is 9.59 Å². The number of rotatable bonds is 5. The fourth-order valence-corrected chi connectivity index (χ4v) is 3.78. The molecule has 4 rings (SSSR count). The van der Waals surface area contributed by atoms with E-state index in [1.54, 1.807) is 43.0 Å². The molecule has 3 aromatic rings. The van der Waals surface area contributed by atoms with E-state index in [-0.39, 0.29) is 24.3 Å². The van der Waals surface area contributed by atoms with E-state index in [2.05, 4.69) is 5.32 Å². The van der Waals surface area contributed by atoms with E-state index in [0.29, 0.717) is 17.8 Å². The molecule has 1 fully saturated rings. The van der Waals surface area contributed by atoms with Gasteiger partial charge in [-0.1, -0.05) is 36.4 Å². The molecule has 0 spiro atoms. The molecule has 1 atom stereocenters. The first-order chi connectivity index (χ1) is 14.9. The first-order valence-corrected chi connectivity index (χ1v) is 10.3. The Morgan fingerprint density at radius 1 is 1.00 bits per heavy atom. The maximum Gasteiger partial charge on any atom is 0.338 e. The summed E-state index contributed by atoms with van der Waals surface area (Å²) in [5.74, 6) is -1.13. The molecular formula is C25H24N2O4. The van der Waals surface area contributed by atoms with Crippen molar-refractivity contribution in [3.05, 3.63) is 72.3 Å². The van der Waals surface area contributed by atoms with Gasteiger partial charge in [0.25, 0.3) is 0 Å². The summed E-state index contributed by atoms with van der Waals surface area (Å²) in [6, 6.07) is 20.3. The maximum absolute atomic E-state index is 12.8. The second kappa shape index (κ2) is 8.60. The molecule has 1 aliphatic heterocycles. The summed E-state index contributed by atoms with van der Waals surface area (Å²) in [5.41, 5.74) is 1.82. The van der Waals surface area contributed by atoms with E-state index >= 15 is 0 Å². The van der Waals surface area contributed by atoms with Gasteiger partial charge in [0, 0.05) is 24.0 Å². The highest BCUT2D eigenvalue weighted by Crippen LogP contribution is 2.32. The molecule has 0 aromatic heterocycles. The SMILES string of the molecule is CC(C)OC(=O)c1ccc(NC(=O)[C@H]2CC(=O)N(c3cccc4ccccc34)C2)cc1. The molecule has 1 N–H and O–H groups in total. The zero-order valence-electron chi connectivity index (χ0n) is 17.5. The quantitative estimate of drug-likeness (QED) is 0.626. The molecule has 31 heavy (non-hydrogen) atoms. The maximum atomic E-state index is 12.8. The van der Waals surface area contributed by atoms with Crippen molar-refractivity contribution in [2.45, 2.75) is 26.4 Å². The Labute approximate surface area is 180 Å². The summed E-state index contributed by atoms with van der Waals surface area (Å²) in [7, 11) is 0. The highest BCUT2D eigenvalue weighted by atomic mass is 16.5. The zero-order chi connectivity index (χ0) is 22.0. The second-order valence-electron chi connectivity index (χ2n) is 7.92. The van der Waals surface area contributed by atoms with E-state index < -0.39 is 11.9 Å². The molecule has 0 aliphatic carbocycles. The monoisotopic (exact) mass is 416 g/mol. The van der Waals surface area contributed by atoms with Gasteiger partial charge in [-0.15, -0.1) is 0 Å². The van der Waals surface area contributed by atoms with Crippen molar-refractivity contribution in [3.63, 3.8) is 0 Å². The second-order valence-corrected chi connectivity index (χ2v) is 7.92. The van der Waals surface area contributed by atoms with Crippen LogP contribution in [0.15, 0.2) is 66.7 Å². The van der Waals surface area contributed by atoms with Crippen molar-refractivity contribution >= 4 is 39.9 Å². The van der Waals surface area contributed by atoms with Crippen LogP contribution in [0.3, 0.4) is 0 Å². The lowest BCUT2D eigenvalue weighted by atomic mass is 10.1. The smallest absolute Gasteiger partial charge is 0.338 e. The first-order valence-electron chi connectivity index (χ1n) is 10.3. The molecule has 1 saturated heterocycles. The van der Waals surface area contributed by atoms with Crippen molar-refractivity contribution in [1.29, 1.82) is 0 Å². The summed E-state index contributed by atoms with van der Waals surface area (Å²) in [4.78, 5) is 39.1. The Bertz CT molecular complexity index is 1130. The number of benzene rings is 3. The lowest BCUT2D eigenvalue weighted by Crippen LogP contribution is -2.28. The van der Waals surface area contributed by atoms with Crippen LogP contribution in [0.4, 0.5) is 11.4 Å². The van der Waals surface area contributed by atoms with Crippen LogP contribution in [0.5, 0.6) is 0 Å². The van der Waals surface area contributed by atoms with Crippen LogP contribution in [0.2, 0.25) is 0 Å². The molecule has 158 valence electrons. The zero-order valence-corrected chi connectivity index (χ0v) is 17.5. The Balaban J connectivity index is 1.44. The number of ether oxygens (including phenoxy) is 1. The third kappa shape index (κ3) is 4.43. The summed E-state index contributed by atoms with van der Waals surface area (Å²) >= 11 is 0. The number of nitrogens with one attached hydrogen (secondary N) is 1. The van der Waals surface area contributed by atoms with Gasteiger partial charge < -0.3 is 15.0 Å². The molecule has 1 aliphatic rings. The average molecular weight is 416 g/mol. The molecule has 3 aromatic carbocycles. The standard InChI is InChI=1S/C25H24N2O4/c1-16(2)31-25(30)18-10-12-20(13-11-18)26-24(29)19-14-23(28)27(15-19)22-9-5-7-17-6-3-4-8-21(17)22/h3-13,16,19H,14-15H2,1-2H3,(H,26,29)/t19-/m0/s1. The average Bonchev–Trinajstić information content (AvgIpc) is 3.15. The largest absolute Gasteiger partial charge is 0.459 e. The van der Waals surface area contributed by atoms with Crippen molar-refractivity contribution in [2.75, 3.05) is 16.8 Å². The van der Waals surface area contributed by atoms with Gasteiger partial charge in [0.1, 0.15) is 0 Å². The normalized spacial score (nSPS) is 16.0. The van der Waals surface area contributed by atoms with Crippen molar-refractivity contribution in [1.82, 2.24) is 0 Å². The number of hydrogen-bond donors (Lipinski definition) is 1. The third-order valence-electron chi connectivity index (χ3n) is 5.28. The summed E-state index contributed by atoms with van der Waals surface area (Å²) < 4.78 is 5.17. The predicted molar refractivity (Wildman–Crippen MR) is 120 cm³/mol. The number of carbonyl (C=O) groups is 3. The van der Waals surface area contributed by atoms with Crippen molar-refractivity contribution < 1.29 is 19.1 Å². The van der Waals surface area contributed by atoms with Crippen LogP contribution in [-0.4, -0.2) is 30.4 Å². The number of hydrogen-bond acceptors (Lipinski definition) is 4. The molecule has 0 saturated carbocycles. The number of anilines is 2. The van der Waals surface area contributed by atoms with Crippen LogP contribution in [0.25, 0.3) is 10.8 Å². The Hall–Kier alpha value is -3.67. The van der Waals surface area contributed by atoms with Crippen LogP contribution >= 0.6 is 0 Å². The van der Waals surface area contributed by atoms with Crippen molar-refractivity contribution in [3.8, 4) is 0 Å². The number of nitrogens with zero attached hydrogens (tertiary/aromatic N) is 1. The van der Waals surface area contributed by atoms with Gasteiger partial charge in [-0.05, 0) is 49.6 Å². The topological polar surface area (TPSA) is 75.7 Å². The lowest BCUT2D eigenvalue weighted by molar-refractivity contribution is -0.122. The molecule has 1 heterocycles. The summed E-state index contributed by atoms with van der Waals surface area (Å²) in [6.07, 6.45) is -0.0372. The minimum Gasteiger partial charge on any atom is -0.459 e. The summed E-state index contributed by atoms with van der Waals surface area (Å²) in [5, 5.41) is 4.89. The van der Waals surface area contributed by atoms with Crippen LogP contribution < -0.4 is 10.2 Å². The number of amides is 2.